The van der Waals surface area contributed by atoms with Crippen molar-refractivity contribution in [3.05, 3.63) is 104 Å². The number of halogens is 3. The number of carbonyl (C=O) groups excluding carboxylic acids is 2. The molecule has 6 rings (SSSR count). The van der Waals surface area contributed by atoms with Crippen LogP contribution in [0.15, 0.2) is 65.3 Å². The molecule has 1 saturated carbocycles. The smallest absolute Gasteiger partial charge is 0.418 e. The molecular formula is C33H23Cl3N2O6. The van der Waals surface area contributed by atoms with Crippen LogP contribution in [0.5, 0.6) is 5.75 Å². The quantitative estimate of drug-likeness (QED) is 0.134. The summed E-state index contributed by atoms with van der Waals surface area (Å²) in [6, 6.07) is 15.3. The van der Waals surface area contributed by atoms with Crippen LogP contribution in [0.1, 0.15) is 51.6 Å². The second-order valence-corrected chi connectivity index (χ2v) is 11.3. The molecule has 0 radical (unpaired) electrons. The van der Waals surface area contributed by atoms with E-state index in [1.54, 1.807) is 60.8 Å². The Bertz CT molecular complexity index is 1980. The molecule has 1 aliphatic rings. The van der Waals surface area contributed by atoms with E-state index in [1.807, 2.05) is 0 Å². The first-order valence-corrected chi connectivity index (χ1v) is 14.6. The predicted molar refractivity (Wildman–Crippen MR) is 167 cm³/mol. The van der Waals surface area contributed by atoms with Crippen LogP contribution in [-0.2, 0) is 16.1 Å². The Morgan fingerprint density at radius 2 is 1.70 bits per heavy atom. The molecule has 11 heteroatoms. The van der Waals surface area contributed by atoms with Crippen LogP contribution in [0.4, 0.5) is 4.79 Å². The molecule has 1 fully saturated rings. The number of fused-ring (bicyclic) bond motifs is 1. The van der Waals surface area contributed by atoms with Crippen molar-refractivity contribution in [1.29, 1.82) is 0 Å². The Morgan fingerprint density at radius 3 is 2.39 bits per heavy atom. The third-order valence-electron chi connectivity index (χ3n) is 7.22. The van der Waals surface area contributed by atoms with Gasteiger partial charge in [-0.2, -0.15) is 0 Å². The molecule has 0 saturated heterocycles. The van der Waals surface area contributed by atoms with E-state index in [-0.39, 0.29) is 18.1 Å². The molecule has 2 heterocycles. The summed E-state index contributed by atoms with van der Waals surface area (Å²) < 4.78 is 22.9. The Kier molecular flexibility index (Phi) is 8.28. The SMILES string of the molecule is COC(=O)c1cc(C#Cc2ccc(OCc3c(-c4c(Cl)cccc4Cl)noc3C3CC3)cc2Cl)c2ccn(C(=O)OC)c2c1. The first kappa shape index (κ1) is 29.6. The van der Waals surface area contributed by atoms with Crippen molar-refractivity contribution in [2.45, 2.75) is 25.4 Å². The van der Waals surface area contributed by atoms with Gasteiger partial charge < -0.3 is 18.7 Å². The van der Waals surface area contributed by atoms with E-state index in [1.165, 1.54) is 18.8 Å². The van der Waals surface area contributed by atoms with E-state index in [0.717, 1.165) is 24.2 Å². The molecule has 0 spiro atoms. The van der Waals surface area contributed by atoms with Gasteiger partial charge in [-0.3, -0.25) is 4.57 Å². The Hall–Kier alpha value is -4.42. The molecule has 222 valence electrons. The van der Waals surface area contributed by atoms with Gasteiger partial charge in [0, 0.05) is 40.3 Å². The van der Waals surface area contributed by atoms with Crippen molar-refractivity contribution in [2.24, 2.45) is 0 Å². The summed E-state index contributed by atoms with van der Waals surface area (Å²) in [6.45, 7) is 0.170. The topological polar surface area (TPSA) is 92.8 Å². The van der Waals surface area contributed by atoms with Crippen LogP contribution in [0, 0.1) is 11.8 Å². The molecule has 0 aliphatic heterocycles. The zero-order valence-corrected chi connectivity index (χ0v) is 25.7. The number of hydrogen-bond acceptors (Lipinski definition) is 7. The number of hydrogen-bond donors (Lipinski definition) is 0. The molecule has 0 bridgehead atoms. The molecule has 0 atom stereocenters. The fraction of sp³-hybridized carbons (Fsp3) is 0.182. The maximum atomic E-state index is 12.3. The monoisotopic (exact) mass is 648 g/mol. The summed E-state index contributed by atoms with van der Waals surface area (Å²) in [5, 5.41) is 6.26. The number of carbonyl (C=O) groups is 2. The van der Waals surface area contributed by atoms with E-state index in [9.17, 15) is 9.59 Å². The van der Waals surface area contributed by atoms with Crippen molar-refractivity contribution in [2.75, 3.05) is 14.2 Å². The van der Waals surface area contributed by atoms with Gasteiger partial charge in [-0.05, 0) is 55.3 Å². The summed E-state index contributed by atoms with van der Waals surface area (Å²) >= 11 is 19.6. The minimum atomic E-state index is -0.600. The van der Waals surface area contributed by atoms with Gasteiger partial charge in [-0.15, -0.1) is 0 Å². The summed E-state index contributed by atoms with van der Waals surface area (Å²) in [7, 11) is 2.56. The average molecular weight is 650 g/mol. The van der Waals surface area contributed by atoms with Crippen LogP contribution in [0.2, 0.25) is 15.1 Å². The summed E-state index contributed by atoms with van der Waals surface area (Å²) in [5.41, 5.74) is 3.67. The highest BCUT2D eigenvalue weighted by molar-refractivity contribution is 6.39. The number of rotatable bonds is 6. The minimum absolute atomic E-state index is 0.170. The fourth-order valence-electron chi connectivity index (χ4n) is 4.86. The lowest BCUT2D eigenvalue weighted by molar-refractivity contribution is 0.0600. The maximum absolute atomic E-state index is 12.3. The average Bonchev–Trinajstić information content (AvgIpc) is 3.64. The third-order valence-corrected chi connectivity index (χ3v) is 8.16. The summed E-state index contributed by atoms with van der Waals surface area (Å²) in [4.78, 5) is 24.6. The number of aromatic nitrogens is 2. The van der Waals surface area contributed by atoms with Crippen LogP contribution in [0.25, 0.3) is 22.2 Å². The predicted octanol–water partition coefficient (Wildman–Crippen LogP) is 8.51. The zero-order chi connectivity index (χ0) is 31.0. The Labute approximate surface area is 267 Å². The summed E-state index contributed by atoms with van der Waals surface area (Å²) in [6.07, 6.45) is 2.98. The highest BCUT2D eigenvalue weighted by Crippen LogP contribution is 2.46. The van der Waals surface area contributed by atoms with Crippen molar-refractivity contribution < 1.29 is 28.3 Å². The van der Waals surface area contributed by atoms with E-state index >= 15 is 0 Å². The molecule has 0 amide bonds. The molecule has 5 aromatic rings. The number of benzene rings is 3. The number of methoxy groups -OCH3 is 2. The van der Waals surface area contributed by atoms with Crippen LogP contribution in [0.3, 0.4) is 0 Å². The molecule has 44 heavy (non-hydrogen) atoms. The summed E-state index contributed by atoms with van der Waals surface area (Å²) in [5.74, 6) is 7.14. The first-order chi connectivity index (χ1) is 21.3. The molecule has 0 N–H and O–H groups in total. The second kappa shape index (κ2) is 12.3. The molecule has 0 unspecified atom stereocenters. The van der Waals surface area contributed by atoms with Crippen LogP contribution in [-0.4, -0.2) is 36.0 Å². The highest BCUT2D eigenvalue weighted by atomic mass is 35.5. The van der Waals surface area contributed by atoms with E-state index in [0.29, 0.717) is 54.1 Å². The molecule has 2 aromatic heterocycles. The van der Waals surface area contributed by atoms with Gasteiger partial charge >= 0.3 is 12.1 Å². The minimum Gasteiger partial charge on any atom is -0.489 e. The molecule has 8 nitrogen and oxygen atoms in total. The van der Waals surface area contributed by atoms with Crippen molar-refractivity contribution in [3.63, 3.8) is 0 Å². The molecular weight excluding hydrogens is 627 g/mol. The molecule has 3 aromatic carbocycles. The lowest BCUT2D eigenvalue weighted by atomic mass is 10.0. The maximum Gasteiger partial charge on any atom is 0.418 e. The van der Waals surface area contributed by atoms with E-state index < -0.39 is 12.1 Å². The van der Waals surface area contributed by atoms with Crippen LogP contribution < -0.4 is 4.74 Å². The second-order valence-electron chi connectivity index (χ2n) is 10.0. The molecule has 1 aliphatic carbocycles. The fourth-order valence-corrected chi connectivity index (χ4v) is 5.66. The van der Waals surface area contributed by atoms with Crippen molar-refractivity contribution >= 4 is 57.8 Å². The first-order valence-electron chi connectivity index (χ1n) is 13.5. The van der Waals surface area contributed by atoms with Crippen molar-refractivity contribution in [1.82, 2.24) is 9.72 Å². The van der Waals surface area contributed by atoms with Gasteiger partial charge in [-0.1, -0.05) is 57.9 Å². The number of nitrogens with zero attached hydrogens (tertiary/aromatic N) is 2. The van der Waals surface area contributed by atoms with Gasteiger partial charge in [0.25, 0.3) is 0 Å². The normalized spacial score (nSPS) is 12.5. The van der Waals surface area contributed by atoms with Gasteiger partial charge in [0.05, 0.1) is 45.9 Å². The largest absolute Gasteiger partial charge is 0.489 e. The van der Waals surface area contributed by atoms with E-state index in [2.05, 4.69) is 17.0 Å². The van der Waals surface area contributed by atoms with E-state index in [4.69, 9.17) is 53.5 Å². The van der Waals surface area contributed by atoms with Crippen LogP contribution >= 0.6 is 34.8 Å². The Balaban J connectivity index is 1.28. The Morgan fingerprint density at radius 1 is 0.955 bits per heavy atom. The number of esters is 1. The van der Waals surface area contributed by atoms with Gasteiger partial charge in [0.1, 0.15) is 23.8 Å². The lowest BCUT2D eigenvalue weighted by Crippen LogP contribution is -2.10. The lowest BCUT2D eigenvalue weighted by Gasteiger charge is -2.10. The number of ether oxygens (including phenoxy) is 3. The van der Waals surface area contributed by atoms with Gasteiger partial charge in [0.2, 0.25) is 0 Å². The van der Waals surface area contributed by atoms with Gasteiger partial charge in [0.15, 0.2) is 0 Å². The standard InChI is InChI=1S/C33H23Cl3N2O6/c1-41-32(39)21-14-20(23-12-13-38(28(23)15-21)33(40)42-2)9-6-18-10-11-22(16-27(18)36)43-17-24-30(37-44-31(24)19-7-8-19)29-25(34)4-3-5-26(29)35/h3-5,10-16,19H,7-8,17H2,1-2H3. The van der Waals surface area contributed by atoms with Gasteiger partial charge in [-0.25, -0.2) is 9.59 Å². The zero-order valence-electron chi connectivity index (χ0n) is 23.4. The highest BCUT2D eigenvalue weighted by Gasteiger charge is 2.33. The van der Waals surface area contributed by atoms with Crippen molar-refractivity contribution in [3.8, 4) is 28.8 Å². The third kappa shape index (κ3) is 5.74.